The van der Waals surface area contributed by atoms with Crippen LogP contribution in [0.15, 0.2) is 79.0 Å². The molecule has 1 saturated heterocycles. The zero-order valence-corrected chi connectivity index (χ0v) is 15.6. The standard InChI is InChI=1S/C23H21N5/c1-2-8-18(9-3-1)22-25-20-11-5-4-10-19(20)23(26-22)28-16-14-27(15-17-28)21-12-6-7-13-24-21/h1-13H,14-17H2. The highest BCUT2D eigenvalue weighted by Gasteiger charge is 2.21. The molecule has 3 heterocycles. The lowest BCUT2D eigenvalue weighted by Crippen LogP contribution is -2.47. The van der Waals surface area contributed by atoms with Crippen molar-refractivity contribution in [1.29, 1.82) is 0 Å². The number of hydrogen-bond acceptors (Lipinski definition) is 5. The molecule has 0 atom stereocenters. The van der Waals surface area contributed by atoms with Gasteiger partial charge in [-0.3, -0.25) is 0 Å². The number of pyridine rings is 1. The Labute approximate surface area is 164 Å². The van der Waals surface area contributed by atoms with Gasteiger partial charge >= 0.3 is 0 Å². The molecule has 0 aliphatic carbocycles. The van der Waals surface area contributed by atoms with Crippen molar-refractivity contribution in [2.75, 3.05) is 36.0 Å². The van der Waals surface area contributed by atoms with Crippen LogP contribution < -0.4 is 9.80 Å². The third kappa shape index (κ3) is 3.16. The maximum absolute atomic E-state index is 4.97. The van der Waals surface area contributed by atoms with Gasteiger partial charge in [-0.15, -0.1) is 0 Å². The number of anilines is 2. The molecule has 0 N–H and O–H groups in total. The summed E-state index contributed by atoms with van der Waals surface area (Å²) in [7, 11) is 0. The van der Waals surface area contributed by atoms with Crippen LogP contribution in [0.4, 0.5) is 11.6 Å². The van der Waals surface area contributed by atoms with E-state index in [0.29, 0.717) is 0 Å². The van der Waals surface area contributed by atoms with E-state index < -0.39 is 0 Å². The minimum Gasteiger partial charge on any atom is -0.353 e. The Morgan fingerprint density at radius 2 is 1.36 bits per heavy atom. The monoisotopic (exact) mass is 367 g/mol. The van der Waals surface area contributed by atoms with Gasteiger partial charge in [-0.25, -0.2) is 15.0 Å². The summed E-state index contributed by atoms with van der Waals surface area (Å²) < 4.78 is 0. The maximum atomic E-state index is 4.97. The van der Waals surface area contributed by atoms with Gasteiger partial charge in [-0.1, -0.05) is 48.5 Å². The third-order valence-electron chi connectivity index (χ3n) is 5.17. The van der Waals surface area contributed by atoms with E-state index in [0.717, 1.165) is 60.1 Å². The molecule has 0 bridgehead atoms. The number of fused-ring (bicyclic) bond motifs is 1. The summed E-state index contributed by atoms with van der Waals surface area (Å²) in [4.78, 5) is 19.0. The van der Waals surface area contributed by atoms with E-state index in [1.165, 1.54) is 0 Å². The van der Waals surface area contributed by atoms with Gasteiger partial charge in [-0.2, -0.15) is 0 Å². The van der Waals surface area contributed by atoms with Crippen molar-refractivity contribution in [3.63, 3.8) is 0 Å². The van der Waals surface area contributed by atoms with Crippen LogP contribution in [0.25, 0.3) is 22.3 Å². The molecule has 28 heavy (non-hydrogen) atoms. The van der Waals surface area contributed by atoms with Gasteiger partial charge in [0.05, 0.1) is 5.52 Å². The highest BCUT2D eigenvalue weighted by molar-refractivity contribution is 5.91. The minimum absolute atomic E-state index is 0.779. The first kappa shape index (κ1) is 16.7. The lowest BCUT2D eigenvalue weighted by Gasteiger charge is -2.36. The molecule has 1 fully saturated rings. The van der Waals surface area contributed by atoms with Gasteiger partial charge in [-0.05, 0) is 24.3 Å². The molecule has 2 aromatic heterocycles. The van der Waals surface area contributed by atoms with Crippen molar-refractivity contribution in [2.24, 2.45) is 0 Å². The van der Waals surface area contributed by atoms with Gasteiger partial charge in [0.15, 0.2) is 5.82 Å². The average Bonchev–Trinajstić information content (AvgIpc) is 2.80. The maximum Gasteiger partial charge on any atom is 0.162 e. The van der Waals surface area contributed by atoms with E-state index >= 15 is 0 Å². The first-order chi connectivity index (χ1) is 13.9. The molecule has 2 aromatic carbocycles. The Bertz CT molecular complexity index is 1070. The Balaban J connectivity index is 1.49. The van der Waals surface area contributed by atoms with Crippen LogP contribution in [0, 0.1) is 0 Å². The average molecular weight is 367 g/mol. The third-order valence-corrected chi connectivity index (χ3v) is 5.17. The lowest BCUT2D eigenvalue weighted by molar-refractivity contribution is 0.643. The van der Waals surface area contributed by atoms with Crippen molar-refractivity contribution in [2.45, 2.75) is 0 Å². The topological polar surface area (TPSA) is 45.2 Å². The molecule has 0 saturated carbocycles. The van der Waals surface area contributed by atoms with E-state index in [-0.39, 0.29) is 0 Å². The van der Waals surface area contributed by atoms with Crippen LogP contribution in [0.3, 0.4) is 0 Å². The molecule has 1 aliphatic rings. The van der Waals surface area contributed by atoms with Crippen molar-refractivity contribution in [1.82, 2.24) is 15.0 Å². The van der Waals surface area contributed by atoms with Crippen molar-refractivity contribution >= 4 is 22.5 Å². The number of benzene rings is 2. The molecule has 138 valence electrons. The predicted octanol–water partition coefficient (Wildman–Crippen LogP) is 4.02. The second kappa shape index (κ2) is 7.27. The highest BCUT2D eigenvalue weighted by Crippen LogP contribution is 2.28. The fourth-order valence-corrected chi connectivity index (χ4v) is 3.71. The second-order valence-corrected chi connectivity index (χ2v) is 6.92. The minimum atomic E-state index is 0.779. The summed E-state index contributed by atoms with van der Waals surface area (Å²) in [5.41, 5.74) is 2.03. The van der Waals surface area contributed by atoms with Crippen molar-refractivity contribution in [3.05, 3.63) is 79.0 Å². The number of piperazine rings is 1. The molecular formula is C23H21N5. The molecule has 0 radical (unpaired) electrons. The van der Waals surface area contributed by atoms with E-state index in [4.69, 9.17) is 9.97 Å². The fraction of sp³-hybridized carbons (Fsp3) is 0.174. The van der Waals surface area contributed by atoms with E-state index in [2.05, 4.69) is 51.2 Å². The Morgan fingerprint density at radius 3 is 2.14 bits per heavy atom. The number of nitrogens with zero attached hydrogens (tertiary/aromatic N) is 5. The van der Waals surface area contributed by atoms with Gasteiger partial charge in [0.25, 0.3) is 0 Å². The predicted molar refractivity (Wildman–Crippen MR) is 114 cm³/mol. The van der Waals surface area contributed by atoms with Crippen LogP contribution in [0.1, 0.15) is 0 Å². The Kier molecular flexibility index (Phi) is 4.33. The summed E-state index contributed by atoms with van der Waals surface area (Å²) in [5, 5.41) is 1.11. The zero-order chi connectivity index (χ0) is 18.8. The summed E-state index contributed by atoms with van der Waals surface area (Å²) in [5.74, 6) is 2.84. The lowest BCUT2D eigenvalue weighted by atomic mass is 10.1. The normalized spacial score (nSPS) is 14.4. The molecular weight excluding hydrogens is 346 g/mol. The van der Waals surface area contributed by atoms with E-state index in [1.807, 2.05) is 42.6 Å². The van der Waals surface area contributed by atoms with Crippen molar-refractivity contribution < 1.29 is 0 Å². The van der Waals surface area contributed by atoms with Gasteiger partial charge in [0.2, 0.25) is 0 Å². The summed E-state index contributed by atoms with van der Waals surface area (Å²) in [6.07, 6.45) is 1.85. The van der Waals surface area contributed by atoms with Crippen LogP contribution in [0.2, 0.25) is 0 Å². The molecule has 0 amide bonds. The fourth-order valence-electron chi connectivity index (χ4n) is 3.71. The number of hydrogen-bond donors (Lipinski definition) is 0. The molecule has 4 aromatic rings. The van der Waals surface area contributed by atoms with Crippen LogP contribution in [-0.4, -0.2) is 41.1 Å². The van der Waals surface area contributed by atoms with Gasteiger partial charge in [0, 0.05) is 43.3 Å². The molecule has 5 nitrogen and oxygen atoms in total. The van der Waals surface area contributed by atoms with Crippen LogP contribution in [-0.2, 0) is 0 Å². The smallest absolute Gasteiger partial charge is 0.162 e. The Morgan fingerprint density at radius 1 is 0.643 bits per heavy atom. The first-order valence-corrected chi connectivity index (χ1v) is 9.62. The molecule has 5 heteroatoms. The SMILES string of the molecule is c1ccc(-c2nc(N3CCN(c4ccccn4)CC3)c3ccccc3n2)cc1. The van der Waals surface area contributed by atoms with Crippen LogP contribution in [0.5, 0.6) is 0 Å². The number of para-hydroxylation sites is 1. The second-order valence-electron chi connectivity index (χ2n) is 6.92. The molecule has 0 unspecified atom stereocenters. The highest BCUT2D eigenvalue weighted by atomic mass is 15.3. The first-order valence-electron chi connectivity index (χ1n) is 9.62. The number of rotatable bonds is 3. The summed E-state index contributed by atoms with van der Waals surface area (Å²) in [6, 6.07) is 24.5. The quantitative estimate of drug-likeness (QED) is 0.547. The molecule has 1 aliphatic heterocycles. The molecule has 5 rings (SSSR count). The molecule has 0 spiro atoms. The zero-order valence-electron chi connectivity index (χ0n) is 15.6. The summed E-state index contributed by atoms with van der Waals surface area (Å²) in [6.45, 7) is 3.67. The van der Waals surface area contributed by atoms with E-state index in [1.54, 1.807) is 0 Å². The van der Waals surface area contributed by atoms with Gasteiger partial charge in [0.1, 0.15) is 11.6 Å². The van der Waals surface area contributed by atoms with Gasteiger partial charge < -0.3 is 9.80 Å². The summed E-state index contributed by atoms with van der Waals surface area (Å²) >= 11 is 0. The van der Waals surface area contributed by atoms with E-state index in [9.17, 15) is 0 Å². The largest absolute Gasteiger partial charge is 0.353 e. The number of aromatic nitrogens is 3. The van der Waals surface area contributed by atoms with Crippen molar-refractivity contribution in [3.8, 4) is 11.4 Å². The Hall–Kier alpha value is -3.47. The van der Waals surface area contributed by atoms with Crippen LogP contribution >= 0.6 is 0 Å².